The normalized spacial score (nSPS) is 13.7. The van der Waals surface area contributed by atoms with Crippen molar-refractivity contribution in [1.82, 2.24) is 4.90 Å². The van der Waals surface area contributed by atoms with Crippen molar-refractivity contribution in [2.24, 2.45) is 5.92 Å². The largest absolute Gasteiger partial charge is 0.494 e. The molecule has 0 radical (unpaired) electrons. The van der Waals surface area contributed by atoms with Gasteiger partial charge in [-0.2, -0.15) is 0 Å². The van der Waals surface area contributed by atoms with Crippen molar-refractivity contribution in [3.63, 3.8) is 0 Å². The molecule has 1 fully saturated rings. The number of likely N-dealkylation sites (tertiary alicyclic amines) is 1. The molecule has 0 aliphatic carbocycles. The van der Waals surface area contributed by atoms with Gasteiger partial charge in [0.1, 0.15) is 17.4 Å². The molecule has 3 aromatic carbocycles. The number of benzene rings is 3. The molecular formula is C31H36F2N2O6. The van der Waals surface area contributed by atoms with Gasteiger partial charge in [0.25, 0.3) is 0 Å². The number of rotatable bonds is 10. The van der Waals surface area contributed by atoms with Crippen molar-refractivity contribution in [2.45, 2.75) is 25.2 Å². The highest BCUT2D eigenvalue weighted by atomic mass is 19.1. The highest BCUT2D eigenvalue weighted by Gasteiger charge is 2.29. The number of nitrogens with zero attached hydrogens (tertiary/aromatic N) is 1. The number of carbonyl (C=O) groups is 2. The zero-order valence-electron chi connectivity index (χ0n) is 22.6. The Morgan fingerprint density at radius 1 is 0.854 bits per heavy atom. The first-order chi connectivity index (χ1) is 19.2. The SMILES string of the molecule is Nc1ccc(OCCCN2CCC(C(c3ccc(F)cc3)c3ccc(F)cc3)CC2)cc1.O.O=C(O)C=CC(=O)O. The van der Waals surface area contributed by atoms with Crippen molar-refractivity contribution >= 4 is 17.6 Å². The third-order valence-corrected chi connectivity index (χ3v) is 6.70. The second-order valence-corrected chi connectivity index (χ2v) is 9.54. The van der Waals surface area contributed by atoms with Crippen LogP contribution in [0.25, 0.3) is 0 Å². The molecule has 3 aromatic rings. The Hall–Kier alpha value is -4.28. The van der Waals surface area contributed by atoms with Crippen LogP contribution < -0.4 is 10.5 Å². The number of nitrogens with two attached hydrogens (primary N) is 1. The molecule has 1 heterocycles. The number of carboxylic acid groups (broad SMARTS) is 2. The summed E-state index contributed by atoms with van der Waals surface area (Å²) in [6.45, 7) is 3.72. The summed E-state index contributed by atoms with van der Waals surface area (Å²) in [4.78, 5) is 21.6. The van der Waals surface area contributed by atoms with Gasteiger partial charge in [0.05, 0.1) is 6.61 Å². The van der Waals surface area contributed by atoms with Crippen molar-refractivity contribution in [1.29, 1.82) is 0 Å². The molecule has 8 nitrogen and oxygen atoms in total. The van der Waals surface area contributed by atoms with E-state index in [0.29, 0.717) is 24.7 Å². The molecule has 0 bridgehead atoms. The van der Waals surface area contributed by atoms with Gasteiger partial charge in [-0.3, -0.25) is 0 Å². The Morgan fingerprint density at radius 2 is 1.32 bits per heavy atom. The van der Waals surface area contributed by atoms with Crippen molar-refractivity contribution in [3.8, 4) is 5.75 Å². The van der Waals surface area contributed by atoms with Crippen LogP contribution in [-0.2, 0) is 9.59 Å². The standard InChI is InChI=1S/C27H30F2N2O.C4H4O4.H2O/c28-23-6-2-20(3-7-23)27(21-4-8-24(29)9-5-21)22-14-17-31(18-15-22)16-1-19-32-26-12-10-25(30)11-13-26;5-3(6)1-2-4(7)8;/h2-13,22,27H,1,14-19,30H2;1-2H,(H,5,6)(H,7,8);1H2. The van der Waals surface area contributed by atoms with E-state index < -0.39 is 11.9 Å². The number of ether oxygens (including phenoxy) is 1. The number of hydrogen-bond acceptors (Lipinski definition) is 5. The molecule has 0 atom stereocenters. The topological polar surface area (TPSA) is 145 Å². The molecule has 220 valence electrons. The molecule has 0 saturated carbocycles. The number of aliphatic carboxylic acids is 2. The lowest BCUT2D eigenvalue weighted by atomic mass is 9.76. The fourth-order valence-corrected chi connectivity index (χ4v) is 4.77. The molecule has 0 unspecified atom stereocenters. The highest BCUT2D eigenvalue weighted by molar-refractivity contribution is 5.89. The van der Waals surface area contributed by atoms with E-state index in [2.05, 4.69) is 4.90 Å². The van der Waals surface area contributed by atoms with Crippen LogP contribution in [0.15, 0.2) is 84.9 Å². The molecule has 1 saturated heterocycles. The van der Waals surface area contributed by atoms with Crippen molar-refractivity contribution in [2.75, 3.05) is 32.0 Å². The summed E-state index contributed by atoms with van der Waals surface area (Å²) >= 11 is 0. The van der Waals surface area contributed by atoms with Gasteiger partial charge in [0, 0.05) is 30.3 Å². The maximum Gasteiger partial charge on any atom is 0.328 e. The van der Waals surface area contributed by atoms with Gasteiger partial charge in [-0.05, 0) is 97.9 Å². The fourth-order valence-electron chi connectivity index (χ4n) is 4.77. The quantitative estimate of drug-likeness (QED) is 0.181. The monoisotopic (exact) mass is 570 g/mol. The van der Waals surface area contributed by atoms with E-state index in [9.17, 15) is 18.4 Å². The summed E-state index contributed by atoms with van der Waals surface area (Å²) in [5, 5.41) is 15.6. The van der Waals surface area contributed by atoms with Gasteiger partial charge in [0.15, 0.2) is 0 Å². The Kier molecular flexibility index (Phi) is 13.4. The lowest BCUT2D eigenvalue weighted by Gasteiger charge is -2.36. The smallest absolute Gasteiger partial charge is 0.328 e. The fraction of sp³-hybridized carbons (Fsp3) is 0.290. The van der Waals surface area contributed by atoms with E-state index in [1.54, 1.807) is 0 Å². The number of carboxylic acids is 2. The third-order valence-electron chi connectivity index (χ3n) is 6.70. The number of hydrogen-bond donors (Lipinski definition) is 3. The van der Waals surface area contributed by atoms with Gasteiger partial charge in [-0.15, -0.1) is 0 Å². The predicted octanol–water partition coefficient (Wildman–Crippen LogP) is 4.75. The van der Waals surface area contributed by atoms with E-state index in [0.717, 1.165) is 61.5 Å². The van der Waals surface area contributed by atoms with Gasteiger partial charge >= 0.3 is 11.9 Å². The molecule has 0 aromatic heterocycles. The second-order valence-electron chi connectivity index (χ2n) is 9.54. The van der Waals surface area contributed by atoms with Crippen LogP contribution >= 0.6 is 0 Å². The molecule has 4 rings (SSSR count). The van der Waals surface area contributed by atoms with Crippen LogP contribution in [0.4, 0.5) is 14.5 Å². The van der Waals surface area contributed by atoms with Gasteiger partial charge in [0.2, 0.25) is 0 Å². The number of anilines is 1. The zero-order chi connectivity index (χ0) is 28.9. The maximum absolute atomic E-state index is 13.5. The number of piperidine rings is 1. The van der Waals surface area contributed by atoms with E-state index in [-0.39, 0.29) is 23.0 Å². The van der Waals surface area contributed by atoms with Gasteiger partial charge in [-0.1, -0.05) is 24.3 Å². The van der Waals surface area contributed by atoms with Crippen LogP contribution in [0.1, 0.15) is 36.3 Å². The Bertz CT molecular complexity index is 1180. The number of halogens is 2. The summed E-state index contributed by atoms with van der Waals surface area (Å²) < 4.78 is 32.8. The molecular weight excluding hydrogens is 534 g/mol. The van der Waals surface area contributed by atoms with Crippen LogP contribution in [0.2, 0.25) is 0 Å². The molecule has 6 N–H and O–H groups in total. The highest BCUT2D eigenvalue weighted by Crippen LogP contribution is 2.38. The summed E-state index contributed by atoms with van der Waals surface area (Å²) in [7, 11) is 0. The zero-order valence-corrected chi connectivity index (χ0v) is 22.6. The van der Waals surface area contributed by atoms with E-state index >= 15 is 0 Å². The average molecular weight is 571 g/mol. The first kappa shape index (κ1) is 32.9. The molecule has 41 heavy (non-hydrogen) atoms. The molecule has 0 amide bonds. The summed E-state index contributed by atoms with van der Waals surface area (Å²) in [5.41, 5.74) is 8.62. The summed E-state index contributed by atoms with van der Waals surface area (Å²) in [6, 6.07) is 21.0. The second kappa shape index (κ2) is 16.7. The summed E-state index contributed by atoms with van der Waals surface area (Å²) in [6.07, 6.45) is 4.19. The summed E-state index contributed by atoms with van der Waals surface area (Å²) in [5.74, 6) is -1.55. The minimum atomic E-state index is -1.26. The minimum absolute atomic E-state index is 0. The van der Waals surface area contributed by atoms with E-state index in [1.807, 2.05) is 48.5 Å². The lowest BCUT2D eigenvalue weighted by Crippen LogP contribution is -2.36. The predicted molar refractivity (Wildman–Crippen MR) is 153 cm³/mol. The lowest BCUT2D eigenvalue weighted by molar-refractivity contribution is -0.134. The van der Waals surface area contributed by atoms with Crippen LogP contribution in [0.5, 0.6) is 5.75 Å². The average Bonchev–Trinajstić information content (AvgIpc) is 2.94. The Labute approximate surface area is 238 Å². The first-order valence-corrected chi connectivity index (χ1v) is 13.1. The third kappa shape index (κ3) is 11.4. The van der Waals surface area contributed by atoms with Crippen molar-refractivity contribution < 1.29 is 38.8 Å². The Balaban J connectivity index is 0.000000574. The maximum atomic E-state index is 13.5. The van der Waals surface area contributed by atoms with Crippen LogP contribution in [-0.4, -0.2) is 58.8 Å². The molecule has 10 heteroatoms. The van der Waals surface area contributed by atoms with Crippen molar-refractivity contribution in [3.05, 3.63) is 108 Å². The van der Waals surface area contributed by atoms with Crippen LogP contribution in [0, 0.1) is 17.6 Å². The first-order valence-electron chi connectivity index (χ1n) is 13.1. The molecule has 1 aliphatic rings. The van der Waals surface area contributed by atoms with E-state index in [4.69, 9.17) is 20.7 Å². The number of nitrogen functional groups attached to an aromatic ring is 1. The molecule has 0 spiro atoms. The Morgan fingerprint density at radius 3 is 1.76 bits per heavy atom. The van der Waals surface area contributed by atoms with Gasteiger partial charge < -0.3 is 31.1 Å². The minimum Gasteiger partial charge on any atom is -0.494 e. The van der Waals surface area contributed by atoms with Crippen LogP contribution in [0.3, 0.4) is 0 Å². The van der Waals surface area contributed by atoms with Gasteiger partial charge in [-0.25, -0.2) is 18.4 Å². The van der Waals surface area contributed by atoms with E-state index in [1.165, 1.54) is 24.3 Å². The molecule has 1 aliphatic heterocycles.